The lowest BCUT2D eigenvalue weighted by molar-refractivity contribution is 0.0681. The molecule has 4 heteroatoms. The second-order valence-corrected chi connectivity index (χ2v) is 8.17. The average molecular weight is 354 g/mol. The van der Waals surface area contributed by atoms with Crippen molar-refractivity contribution >= 4 is 29.3 Å². The Hall–Kier alpha value is -0.670. The maximum atomic E-state index is 12.5. The summed E-state index contributed by atoms with van der Waals surface area (Å²) in [5, 5.41) is 3.71. The first-order valence-corrected chi connectivity index (χ1v) is 9.84. The Morgan fingerprint density at radius 2 is 2.04 bits per heavy atom. The van der Waals surface area contributed by atoms with Gasteiger partial charge >= 0.3 is 0 Å². The molecule has 1 aromatic rings. The summed E-state index contributed by atoms with van der Waals surface area (Å²) in [4.78, 5) is 13.6. The summed E-state index contributed by atoms with van der Waals surface area (Å²) in [6.45, 7) is 0.808. The van der Waals surface area contributed by atoms with E-state index in [1.54, 1.807) is 11.8 Å². The van der Waals surface area contributed by atoms with Crippen LogP contribution < -0.4 is 5.32 Å². The van der Waals surface area contributed by atoms with Gasteiger partial charge in [-0.2, -0.15) is 0 Å². The Morgan fingerprint density at radius 1 is 1.35 bits per heavy atom. The molecule has 0 aliphatic heterocycles. The highest BCUT2D eigenvalue weighted by atomic mass is 35.5. The number of carbonyl (C=O) groups is 1. The molecule has 2 saturated carbocycles. The summed E-state index contributed by atoms with van der Waals surface area (Å²) >= 11 is 7.83. The van der Waals surface area contributed by atoms with Crippen LogP contribution >= 0.6 is 23.4 Å². The minimum Gasteiger partial charge on any atom is -0.351 e. The lowest BCUT2D eigenvalue weighted by Gasteiger charge is -2.45. The average Bonchev–Trinajstić information content (AvgIpc) is 2.53. The van der Waals surface area contributed by atoms with Gasteiger partial charge in [-0.05, 0) is 55.1 Å². The van der Waals surface area contributed by atoms with E-state index in [4.69, 9.17) is 11.6 Å². The van der Waals surface area contributed by atoms with Crippen LogP contribution in [0.5, 0.6) is 0 Å². The van der Waals surface area contributed by atoms with Gasteiger partial charge in [0.2, 0.25) is 0 Å². The molecule has 0 heterocycles. The minimum absolute atomic E-state index is 0. The van der Waals surface area contributed by atoms with Crippen molar-refractivity contribution in [1.29, 1.82) is 0 Å². The summed E-state index contributed by atoms with van der Waals surface area (Å²) < 4.78 is 0. The largest absolute Gasteiger partial charge is 0.351 e. The third kappa shape index (κ3) is 4.24. The molecule has 2 nitrogen and oxygen atoms in total. The smallest absolute Gasteiger partial charge is 0.252 e. The molecule has 1 amide bonds. The maximum absolute atomic E-state index is 12.5. The molecule has 0 radical (unpaired) electrons. The summed E-state index contributed by atoms with van der Waals surface area (Å²) in [6.07, 6.45) is 11.3. The number of thioether (sulfide) groups is 1. The molecular weight excluding hydrogens is 326 g/mol. The third-order valence-electron chi connectivity index (χ3n) is 5.40. The van der Waals surface area contributed by atoms with Gasteiger partial charge in [-0.1, -0.05) is 44.7 Å². The molecule has 2 bridgehead atoms. The molecular formula is C19H28ClNOS. The molecule has 0 spiro atoms. The van der Waals surface area contributed by atoms with Crippen molar-refractivity contribution in [2.24, 2.45) is 11.3 Å². The van der Waals surface area contributed by atoms with E-state index in [-0.39, 0.29) is 13.3 Å². The lowest BCUT2D eigenvalue weighted by Crippen LogP contribution is -2.43. The molecule has 0 atom stereocenters. The third-order valence-corrected chi connectivity index (χ3v) is 6.46. The number of benzene rings is 1. The number of halogens is 1. The molecule has 2 aliphatic rings. The summed E-state index contributed by atoms with van der Waals surface area (Å²) in [5.74, 6) is 0.866. The van der Waals surface area contributed by atoms with Crippen molar-refractivity contribution in [3.8, 4) is 0 Å². The monoisotopic (exact) mass is 353 g/mol. The van der Waals surface area contributed by atoms with Gasteiger partial charge < -0.3 is 5.32 Å². The van der Waals surface area contributed by atoms with Crippen molar-refractivity contribution in [2.75, 3.05) is 12.8 Å². The van der Waals surface area contributed by atoms with Gasteiger partial charge in [0, 0.05) is 11.4 Å². The second-order valence-electron chi connectivity index (χ2n) is 6.88. The SMILES string of the molecule is C.CSc1ccc(Cl)c(C(=O)NCC23CCCC(CCC2)C3)c1. The topological polar surface area (TPSA) is 29.1 Å². The normalized spacial score (nSPS) is 26.3. The highest BCUT2D eigenvalue weighted by Gasteiger charge is 2.39. The predicted molar refractivity (Wildman–Crippen MR) is 101 cm³/mol. The molecule has 23 heavy (non-hydrogen) atoms. The Morgan fingerprint density at radius 3 is 2.70 bits per heavy atom. The van der Waals surface area contributed by atoms with Crippen LogP contribution in [0.25, 0.3) is 0 Å². The second kappa shape index (κ2) is 7.94. The quantitative estimate of drug-likeness (QED) is 0.694. The van der Waals surface area contributed by atoms with Gasteiger partial charge in [-0.3, -0.25) is 4.79 Å². The van der Waals surface area contributed by atoms with Crippen molar-refractivity contribution in [3.63, 3.8) is 0 Å². The fraction of sp³-hybridized carbons (Fsp3) is 0.632. The van der Waals surface area contributed by atoms with E-state index in [0.717, 1.165) is 17.4 Å². The zero-order chi connectivity index (χ0) is 15.6. The van der Waals surface area contributed by atoms with Gasteiger partial charge in [0.05, 0.1) is 10.6 Å². The standard InChI is InChI=1S/C18H24ClNOS.CH4/c1-22-14-6-7-16(19)15(10-14)17(21)20-12-18-8-2-4-13(11-18)5-3-9-18;/h6-7,10,13H,2-5,8-9,11-12H2,1H3,(H,20,21);1H4. The Labute approximate surface area is 149 Å². The van der Waals surface area contributed by atoms with E-state index < -0.39 is 0 Å². The van der Waals surface area contributed by atoms with Gasteiger partial charge in [0.25, 0.3) is 5.91 Å². The fourth-order valence-electron chi connectivity index (χ4n) is 4.24. The van der Waals surface area contributed by atoms with Crippen LogP contribution in [0.4, 0.5) is 0 Å². The predicted octanol–water partition coefficient (Wildman–Crippen LogP) is 5.79. The van der Waals surface area contributed by atoms with Crippen molar-refractivity contribution < 1.29 is 4.79 Å². The van der Waals surface area contributed by atoms with Gasteiger partial charge in [-0.15, -0.1) is 11.8 Å². The number of hydrogen-bond donors (Lipinski definition) is 1. The Bertz CT molecular complexity index is 550. The van der Waals surface area contributed by atoms with Crippen LogP contribution in [0.3, 0.4) is 0 Å². The van der Waals surface area contributed by atoms with Crippen LogP contribution in [-0.4, -0.2) is 18.7 Å². The van der Waals surface area contributed by atoms with E-state index in [1.165, 1.54) is 44.9 Å². The number of carbonyl (C=O) groups excluding carboxylic acids is 1. The Kier molecular flexibility index (Phi) is 6.44. The van der Waals surface area contributed by atoms with E-state index in [1.807, 2.05) is 24.5 Å². The number of amides is 1. The van der Waals surface area contributed by atoms with E-state index in [9.17, 15) is 4.79 Å². The highest BCUT2D eigenvalue weighted by Crippen LogP contribution is 2.48. The molecule has 2 aliphatic carbocycles. The molecule has 128 valence electrons. The maximum Gasteiger partial charge on any atom is 0.252 e. The molecule has 3 rings (SSSR count). The first kappa shape index (κ1) is 18.7. The van der Waals surface area contributed by atoms with E-state index in [2.05, 4.69) is 5.32 Å². The van der Waals surface area contributed by atoms with Crippen molar-refractivity contribution in [3.05, 3.63) is 28.8 Å². The number of rotatable bonds is 4. The summed E-state index contributed by atoms with van der Waals surface area (Å²) in [6, 6.07) is 5.66. The van der Waals surface area contributed by atoms with E-state index >= 15 is 0 Å². The van der Waals surface area contributed by atoms with Gasteiger partial charge in [-0.25, -0.2) is 0 Å². The number of hydrogen-bond acceptors (Lipinski definition) is 2. The highest BCUT2D eigenvalue weighted by molar-refractivity contribution is 7.98. The molecule has 0 saturated heterocycles. The number of fused-ring (bicyclic) bond motifs is 2. The number of nitrogens with one attached hydrogen (secondary N) is 1. The van der Waals surface area contributed by atoms with E-state index in [0.29, 0.717) is 16.0 Å². The first-order chi connectivity index (χ1) is 10.6. The molecule has 1 aromatic carbocycles. The first-order valence-electron chi connectivity index (χ1n) is 8.24. The molecule has 0 aromatic heterocycles. The van der Waals surface area contributed by atoms with Crippen LogP contribution in [-0.2, 0) is 0 Å². The fourth-order valence-corrected chi connectivity index (χ4v) is 4.88. The van der Waals surface area contributed by atoms with Crippen LogP contribution in [0.1, 0.15) is 62.7 Å². The van der Waals surface area contributed by atoms with Crippen LogP contribution in [0, 0.1) is 11.3 Å². The molecule has 1 N–H and O–H groups in total. The summed E-state index contributed by atoms with van der Waals surface area (Å²) in [7, 11) is 0. The zero-order valence-corrected chi connectivity index (χ0v) is 14.7. The van der Waals surface area contributed by atoms with Gasteiger partial charge in [0.1, 0.15) is 0 Å². The van der Waals surface area contributed by atoms with Crippen molar-refractivity contribution in [2.45, 2.75) is 57.3 Å². The zero-order valence-electron chi connectivity index (χ0n) is 13.2. The van der Waals surface area contributed by atoms with Crippen molar-refractivity contribution in [1.82, 2.24) is 5.32 Å². The lowest BCUT2D eigenvalue weighted by atomic mass is 9.62. The minimum atomic E-state index is -0.0250. The Balaban J connectivity index is 0.00000192. The van der Waals surface area contributed by atoms with Crippen LogP contribution in [0.15, 0.2) is 23.1 Å². The van der Waals surface area contributed by atoms with Crippen LogP contribution in [0.2, 0.25) is 5.02 Å². The molecule has 0 unspecified atom stereocenters. The van der Waals surface area contributed by atoms with Gasteiger partial charge in [0.15, 0.2) is 0 Å². The summed E-state index contributed by atoms with van der Waals surface area (Å²) in [5.41, 5.74) is 0.952. The molecule has 2 fully saturated rings.